The van der Waals surface area contributed by atoms with Crippen LogP contribution in [0.25, 0.3) is 10.8 Å². The van der Waals surface area contributed by atoms with Crippen LogP contribution < -0.4 is 5.32 Å². The Labute approximate surface area is 137 Å². The van der Waals surface area contributed by atoms with Crippen LogP contribution in [0.15, 0.2) is 36.4 Å². The molecule has 1 N–H and O–H groups in total. The third-order valence-electron chi connectivity index (χ3n) is 3.51. The van der Waals surface area contributed by atoms with Crippen LogP contribution in [0, 0.1) is 10.1 Å². The molecule has 0 heterocycles. The van der Waals surface area contributed by atoms with Crippen LogP contribution in [0.3, 0.4) is 0 Å². The molecule has 1 unspecified atom stereocenters. The van der Waals surface area contributed by atoms with E-state index in [9.17, 15) is 19.7 Å². The fraction of sp³-hybridized carbons (Fsp3) is 0.250. The Morgan fingerprint density at radius 2 is 1.79 bits per heavy atom. The summed E-state index contributed by atoms with van der Waals surface area (Å²) in [5, 5.41) is 15.0. The van der Waals surface area contributed by atoms with E-state index in [2.05, 4.69) is 14.8 Å². The highest BCUT2D eigenvalue weighted by Crippen LogP contribution is 2.31. The SMILES string of the molecule is COC(=O)CC(Nc1ccc([N+](=O)[O-])c2ccccc12)C(=O)OC. The molecule has 0 spiro atoms. The zero-order chi connectivity index (χ0) is 17.7. The molecule has 24 heavy (non-hydrogen) atoms. The van der Waals surface area contributed by atoms with Gasteiger partial charge in [-0.15, -0.1) is 0 Å². The molecule has 0 aliphatic heterocycles. The molecule has 0 saturated heterocycles. The Hall–Kier alpha value is -3.16. The number of rotatable bonds is 6. The van der Waals surface area contributed by atoms with Gasteiger partial charge in [-0.2, -0.15) is 0 Å². The lowest BCUT2D eigenvalue weighted by atomic mass is 10.1. The van der Waals surface area contributed by atoms with Crippen molar-refractivity contribution in [1.82, 2.24) is 0 Å². The summed E-state index contributed by atoms with van der Waals surface area (Å²) in [6.07, 6.45) is -0.228. The summed E-state index contributed by atoms with van der Waals surface area (Å²) in [4.78, 5) is 34.0. The third-order valence-corrected chi connectivity index (χ3v) is 3.51. The van der Waals surface area contributed by atoms with Gasteiger partial charge in [-0.25, -0.2) is 4.79 Å². The molecular formula is C16H16N2O6. The maximum Gasteiger partial charge on any atom is 0.328 e. The van der Waals surface area contributed by atoms with E-state index in [0.29, 0.717) is 16.5 Å². The van der Waals surface area contributed by atoms with E-state index in [-0.39, 0.29) is 12.1 Å². The minimum atomic E-state index is -0.965. The molecule has 0 aliphatic rings. The van der Waals surface area contributed by atoms with E-state index >= 15 is 0 Å². The first-order chi connectivity index (χ1) is 11.5. The second-order valence-corrected chi connectivity index (χ2v) is 4.94. The molecule has 2 aromatic rings. The standard InChI is InChI=1S/C16H16N2O6/c1-23-15(19)9-13(16(20)24-2)17-12-7-8-14(18(21)22)11-6-4-3-5-10(11)12/h3-8,13,17H,9H2,1-2H3. The number of methoxy groups -OCH3 is 2. The van der Waals surface area contributed by atoms with Gasteiger partial charge in [0.05, 0.1) is 30.9 Å². The number of esters is 2. The normalized spacial score (nSPS) is 11.6. The van der Waals surface area contributed by atoms with Crippen molar-refractivity contribution in [2.24, 2.45) is 0 Å². The quantitative estimate of drug-likeness (QED) is 0.491. The van der Waals surface area contributed by atoms with Crippen LogP contribution in [0.2, 0.25) is 0 Å². The van der Waals surface area contributed by atoms with Crippen molar-refractivity contribution < 1.29 is 24.0 Å². The number of benzene rings is 2. The average molecular weight is 332 g/mol. The van der Waals surface area contributed by atoms with Crippen LogP contribution in [0.5, 0.6) is 0 Å². The van der Waals surface area contributed by atoms with Crippen LogP contribution in [-0.4, -0.2) is 37.1 Å². The van der Waals surface area contributed by atoms with Gasteiger partial charge < -0.3 is 14.8 Å². The Bertz CT molecular complexity index is 789. The number of nitro groups is 1. The van der Waals surface area contributed by atoms with Crippen molar-refractivity contribution in [1.29, 1.82) is 0 Å². The summed E-state index contributed by atoms with van der Waals surface area (Å²) in [6, 6.07) is 8.59. The van der Waals surface area contributed by atoms with Crippen molar-refractivity contribution in [3.63, 3.8) is 0 Å². The molecular weight excluding hydrogens is 316 g/mol. The number of carbonyl (C=O) groups excluding carboxylic acids is 2. The maximum absolute atomic E-state index is 11.9. The zero-order valence-corrected chi connectivity index (χ0v) is 13.1. The average Bonchev–Trinajstić information content (AvgIpc) is 2.60. The van der Waals surface area contributed by atoms with Crippen molar-refractivity contribution >= 4 is 34.1 Å². The van der Waals surface area contributed by atoms with Crippen molar-refractivity contribution in [2.75, 3.05) is 19.5 Å². The smallest absolute Gasteiger partial charge is 0.328 e. The second kappa shape index (κ2) is 7.40. The number of nitro benzene ring substituents is 1. The summed E-state index contributed by atoms with van der Waals surface area (Å²) in [7, 11) is 2.43. The van der Waals surface area contributed by atoms with E-state index < -0.39 is 22.9 Å². The van der Waals surface area contributed by atoms with Gasteiger partial charge in [-0.05, 0) is 12.1 Å². The second-order valence-electron chi connectivity index (χ2n) is 4.94. The number of fused-ring (bicyclic) bond motifs is 1. The number of hydrogen-bond donors (Lipinski definition) is 1. The topological polar surface area (TPSA) is 108 Å². The zero-order valence-electron chi connectivity index (χ0n) is 13.1. The largest absolute Gasteiger partial charge is 0.469 e. The third kappa shape index (κ3) is 3.60. The molecule has 1 atom stereocenters. The summed E-state index contributed by atoms with van der Waals surface area (Å²) in [5.41, 5.74) is 0.439. The summed E-state index contributed by atoms with van der Waals surface area (Å²) in [5.74, 6) is -1.22. The number of nitrogens with one attached hydrogen (secondary N) is 1. The Kier molecular flexibility index (Phi) is 5.31. The number of anilines is 1. The summed E-state index contributed by atoms with van der Waals surface area (Å²) >= 11 is 0. The molecule has 0 fully saturated rings. The number of non-ortho nitro benzene ring substituents is 1. The predicted octanol–water partition coefficient (Wildman–Crippen LogP) is 2.26. The van der Waals surface area contributed by atoms with Crippen LogP contribution in [0.4, 0.5) is 11.4 Å². The highest BCUT2D eigenvalue weighted by Gasteiger charge is 2.24. The van der Waals surface area contributed by atoms with Gasteiger partial charge in [0.25, 0.3) is 5.69 Å². The molecule has 8 nitrogen and oxygen atoms in total. The molecule has 0 aliphatic carbocycles. The highest BCUT2D eigenvalue weighted by atomic mass is 16.6. The fourth-order valence-corrected chi connectivity index (χ4v) is 2.34. The van der Waals surface area contributed by atoms with Gasteiger partial charge >= 0.3 is 11.9 Å². The summed E-state index contributed by atoms with van der Waals surface area (Å²) in [6.45, 7) is 0. The van der Waals surface area contributed by atoms with Gasteiger partial charge in [0, 0.05) is 17.1 Å². The lowest BCUT2D eigenvalue weighted by Gasteiger charge is -2.18. The molecule has 0 amide bonds. The van der Waals surface area contributed by atoms with Crippen LogP contribution in [-0.2, 0) is 19.1 Å². The number of carbonyl (C=O) groups is 2. The predicted molar refractivity (Wildman–Crippen MR) is 86.7 cm³/mol. The number of nitrogens with zero attached hydrogens (tertiary/aromatic N) is 1. The first kappa shape index (κ1) is 17.2. The molecule has 2 rings (SSSR count). The minimum absolute atomic E-state index is 0.0428. The van der Waals surface area contributed by atoms with E-state index in [0.717, 1.165) is 0 Å². The van der Waals surface area contributed by atoms with E-state index in [1.54, 1.807) is 24.3 Å². The Morgan fingerprint density at radius 3 is 2.38 bits per heavy atom. The monoisotopic (exact) mass is 332 g/mol. The fourth-order valence-electron chi connectivity index (χ4n) is 2.34. The molecule has 8 heteroatoms. The van der Waals surface area contributed by atoms with E-state index in [4.69, 9.17) is 0 Å². The van der Waals surface area contributed by atoms with E-state index in [1.165, 1.54) is 26.4 Å². The minimum Gasteiger partial charge on any atom is -0.469 e. The Morgan fingerprint density at radius 1 is 1.12 bits per heavy atom. The van der Waals surface area contributed by atoms with Crippen molar-refractivity contribution in [3.05, 3.63) is 46.5 Å². The van der Waals surface area contributed by atoms with Crippen molar-refractivity contribution in [2.45, 2.75) is 12.5 Å². The molecule has 2 aromatic carbocycles. The maximum atomic E-state index is 11.9. The molecule has 0 aromatic heterocycles. The lowest BCUT2D eigenvalue weighted by molar-refractivity contribution is -0.383. The number of hydrogen-bond acceptors (Lipinski definition) is 7. The first-order valence-electron chi connectivity index (χ1n) is 7.05. The van der Waals surface area contributed by atoms with E-state index in [1.807, 2.05) is 0 Å². The number of ether oxygens (including phenoxy) is 2. The van der Waals surface area contributed by atoms with Crippen molar-refractivity contribution in [3.8, 4) is 0 Å². The molecule has 0 bridgehead atoms. The molecule has 0 radical (unpaired) electrons. The first-order valence-corrected chi connectivity index (χ1v) is 7.05. The molecule has 0 saturated carbocycles. The molecule has 126 valence electrons. The van der Waals surface area contributed by atoms with Crippen LogP contribution >= 0.6 is 0 Å². The highest BCUT2D eigenvalue weighted by molar-refractivity contribution is 6.00. The van der Waals surface area contributed by atoms with Gasteiger partial charge in [0.1, 0.15) is 6.04 Å². The van der Waals surface area contributed by atoms with Gasteiger partial charge in [0.15, 0.2) is 0 Å². The van der Waals surface area contributed by atoms with Gasteiger partial charge in [0.2, 0.25) is 0 Å². The van der Waals surface area contributed by atoms with Crippen LogP contribution in [0.1, 0.15) is 6.42 Å². The Balaban J connectivity index is 2.43. The lowest BCUT2D eigenvalue weighted by Crippen LogP contribution is -2.33. The van der Waals surface area contributed by atoms with Gasteiger partial charge in [-0.3, -0.25) is 14.9 Å². The van der Waals surface area contributed by atoms with Gasteiger partial charge in [-0.1, -0.05) is 18.2 Å². The summed E-state index contributed by atoms with van der Waals surface area (Å²) < 4.78 is 9.26.